The Balaban J connectivity index is 2.15. The van der Waals surface area contributed by atoms with Crippen molar-refractivity contribution in [3.05, 3.63) is 24.3 Å². The van der Waals surface area contributed by atoms with Gasteiger partial charge >= 0.3 is 0 Å². The molecule has 1 aromatic carbocycles. The van der Waals surface area contributed by atoms with Crippen molar-refractivity contribution in [3.63, 3.8) is 0 Å². The standard InChI is InChI=1S/C15H22BN5/c1-10-4-3-5-11(2)21(10)15(18)20-14(17)19-13-8-6-12(16)7-9-13/h6-11H,3-5H2,1-2H3,(H4,17,18,19,20). The first-order valence-electron chi connectivity index (χ1n) is 7.29. The molecule has 0 bridgehead atoms. The number of guanidine groups is 2. The van der Waals surface area contributed by atoms with Gasteiger partial charge in [-0.2, -0.15) is 4.99 Å². The molecule has 5 nitrogen and oxygen atoms in total. The van der Waals surface area contributed by atoms with Crippen LogP contribution in [0.15, 0.2) is 34.3 Å². The van der Waals surface area contributed by atoms with E-state index in [1.807, 2.05) is 0 Å². The topological polar surface area (TPSA) is 80.0 Å². The summed E-state index contributed by atoms with van der Waals surface area (Å²) in [5.41, 5.74) is 13.4. The first kappa shape index (κ1) is 15.4. The molecule has 2 unspecified atom stereocenters. The molecule has 6 heteroatoms. The fraction of sp³-hybridized carbons (Fsp3) is 0.467. The van der Waals surface area contributed by atoms with Gasteiger partial charge < -0.3 is 16.4 Å². The van der Waals surface area contributed by atoms with E-state index in [0.29, 0.717) is 29.2 Å². The Hall–Kier alpha value is -1.98. The van der Waals surface area contributed by atoms with Crippen molar-refractivity contribution in [1.29, 1.82) is 0 Å². The molecule has 1 fully saturated rings. The van der Waals surface area contributed by atoms with Crippen LogP contribution >= 0.6 is 0 Å². The van der Waals surface area contributed by atoms with Crippen LogP contribution in [0, 0.1) is 0 Å². The van der Waals surface area contributed by atoms with Gasteiger partial charge in [0, 0.05) is 12.1 Å². The van der Waals surface area contributed by atoms with Gasteiger partial charge in [-0.3, -0.25) is 0 Å². The quantitative estimate of drug-likeness (QED) is 0.458. The zero-order chi connectivity index (χ0) is 15.4. The van der Waals surface area contributed by atoms with Crippen LogP contribution in [0.3, 0.4) is 0 Å². The average Bonchev–Trinajstić information content (AvgIpc) is 2.41. The van der Waals surface area contributed by atoms with E-state index in [4.69, 9.17) is 19.3 Å². The number of piperidine rings is 1. The summed E-state index contributed by atoms with van der Waals surface area (Å²) >= 11 is 0. The Morgan fingerprint density at radius 3 is 2.29 bits per heavy atom. The maximum atomic E-state index is 6.10. The summed E-state index contributed by atoms with van der Waals surface area (Å²) in [6.45, 7) is 4.32. The van der Waals surface area contributed by atoms with Crippen LogP contribution in [-0.2, 0) is 0 Å². The summed E-state index contributed by atoms with van der Waals surface area (Å²) in [6, 6.07) is 7.88. The van der Waals surface area contributed by atoms with Gasteiger partial charge in [0.05, 0.1) is 5.69 Å². The van der Waals surface area contributed by atoms with E-state index >= 15 is 0 Å². The summed E-state index contributed by atoms with van der Waals surface area (Å²) < 4.78 is 0. The first-order valence-corrected chi connectivity index (χ1v) is 7.29. The van der Waals surface area contributed by atoms with Gasteiger partial charge in [-0.1, -0.05) is 17.6 Å². The zero-order valence-corrected chi connectivity index (χ0v) is 12.7. The number of likely N-dealkylation sites (tertiary alicyclic amines) is 1. The summed E-state index contributed by atoms with van der Waals surface area (Å²) in [5.74, 6) is 0.591. The van der Waals surface area contributed by atoms with Gasteiger partial charge in [0.25, 0.3) is 0 Å². The molecule has 1 aliphatic rings. The molecule has 0 amide bonds. The summed E-state index contributed by atoms with van der Waals surface area (Å²) in [6.07, 6.45) is 3.46. The second kappa shape index (κ2) is 6.65. The van der Waals surface area contributed by atoms with E-state index in [-0.39, 0.29) is 5.96 Å². The van der Waals surface area contributed by atoms with Crippen molar-refractivity contribution in [3.8, 4) is 0 Å². The molecule has 0 spiro atoms. The highest BCUT2D eigenvalue weighted by atomic mass is 15.3. The molecule has 2 atom stereocenters. The van der Waals surface area contributed by atoms with E-state index < -0.39 is 0 Å². The Labute approximate surface area is 127 Å². The molecular formula is C15H22BN5. The molecular weight excluding hydrogens is 261 g/mol. The van der Waals surface area contributed by atoms with E-state index in [1.54, 1.807) is 24.3 Å². The first-order chi connectivity index (χ1) is 9.97. The number of nitrogens with two attached hydrogens (primary N) is 2. The third-order valence-corrected chi connectivity index (χ3v) is 3.82. The highest BCUT2D eigenvalue weighted by Crippen LogP contribution is 2.22. The Morgan fingerprint density at radius 2 is 1.71 bits per heavy atom. The summed E-state index contributed by atoms with van der Waals surface area (Å²) in [4.78, 5) is 10.6. The van der Waals surface area contributed by atoms with E-state index in [2.05, 4.69) is 28.7 Å². The fourth-order valence-corrected chi connectivity index (χ4v) is 2.75. The molecule has 1 aromatic rings. The van der Waals surface area contributed by atoms with Crippen LogP contribution < -0.4 is 16.9 Å². The molecule has 2 radical (unpaired) electrons. The summed E-state index contributed by atoms with van der Waals surface area (Å²) in [7, 11) is 5.63. The zero-order valence-electron chi connectivity index (χ0n) is 12.7. The molecule has 0 saturated carbocycles. The van der Waals surface area contributed by atoms with Gasteiger partial charge in [-0.15, -0.1) is 0 Å². The molecule has 2 rings (SSSR count). The Morgan fingerprint density at radius 1 is 1.14 bits per heavy atom. The smallest absolute Gasteiger partial charge is 0.223 e. The van der Waals surface area contributed by atoms with Crippen LogP contribution in [0.2, 0.25) is 0 Å². The van der Waals surface area contributed by atoms with Crippen molar-refractivity contribution in [2.45, 2.75) is 45.2 Å². The number of aliphatic imine (C=N–C) groups is 2. The minimum Gasteiger partial charge on any atom is -0.369 e. The third kappa shape index (κ3) is 4.00. The lowest BCUT2D eigenvalue weighted by Crippen LogP contribution is -2.51. The third-order valence-electron chi connectivity index (χ3n) is 3.82. The summed E-state index contributed by atoms with van der Waals surface area (Å²) in [5, 5.41) is 0. The molecule has 1 heterocycles. The highest BCUT2D eigenvalue weighted by molar-refractivity contribution is 6.32. The SMILES string of the molecule is [B]c1ccc(N=C(N)N=C(N)N2C(C)CCCC2C)cc1. The van der Waals surface area contributed by atoms with E-state index in [0.717, 1.165) is 12.8 Å². The predicted octanol–water partition coefficient (Wildman–Crippen LogP) is 1.00. The minimum absolute atomic E-state index is 0.155. The van der Waals surface area contributed by atoms with E-state index in [1.165, 1.54) is 6.42 Å². The van der Waals surface area contributed by atoms with Gasteiger partial charge in [0.2, 0.25) is 5.96 Å². The fourth-order valence-electron chi connectivity index (χ4n) is 2.75. The van der Waals surface area contributed by atoms with Crippen molar-refractivity contribution in [1.82, 2.24) is 4.90 Å². The molecule has 110 valence electrons. The number of nitrogens with zero attached hydrogens (tertiary/aromatic N) is 3. The lowest BCUT2D eigenvalue weighted by Gasteiger charge is -2.39. The predicted molar refractivity (Wildman–Crippen MR) is 89.3 cm³/mol. The largest absolute Gasteiger partial charge is 0.369 e. The second-order valence-corrected chi connectivity index (χ2v) is 5.57. The lowest BCUT2D eigenvalue weighted by molar-refractivity contribution is 0.189. The highest BCUT2D eigenvalue weighted by Gasteiger charge is 2.26. The molecule has 4 N–H and O–H groups in total. The normalized spacial score (nSPS) is 24.2. The van der Waals surface area contributed by atoms with Gasteiger partial charge in [0.15, 0.2) is 5.96 Å². The Bertz CT molecular complexity index is 527. The Kier molecular flexibility index (Phi) is 4.88. The van der Waals surface area contributed by atoms with Crippen LogP contribution in [0.4, 0.5) is 5.69 Å². The molecule has 1 saturated heterocycles. The number of hydrogen-bond acceptors (Lipinski definition) is 1. The minimum atomic E-state index is 0.155. The molecule has 1 aliphatic heterocycles. The van der Waals surface area contributed by atoms with Crippen LogP contribution in [0.25, 0.3) is 0 Å². The molecule has 21 heavy (non-hydrogen) atoms. The maximum Gasteiger partial charge on any atom is 0.223 e. The average molecular weight is 283 g/mol. The number of hydrogen-bond donors (Lipinski definition) is 2. The van der Waals surface area contributed by atoms with Crippen molar-refractivity contribution in [2.24, 2.45) is 21.5 Å². The second-order valence-electron chi connectivity index (χ2n) is 5.57. The van der Waals surface area contributed by atoms with Crippen LogP contribution in [0.1, 0.15) is 33.1 Å². The lowest BCUT2D eigenvalue weighted by atomic mass is 9.96. The molecule has 0 aliphatic carbocycles. The van der Waals surface area contributed by atoms with Crippen molar-refractivity contribution < 1.29 is 0 Å². The van der Waals surface area contributed by atoms with Gasteiger partial charge in [0.1, 0.15) is 7.85 Å². The molecule has 0 aromatic heterocycles. The number of benzene rings is 1. The van der Waals surface area contributed by atoms with Crippen LogP contribution in [0.5, 0.6) is 0 Å². The van der Waals surface area contributed by atoms with Crippen LogP contribution in [-0.4, -0.2) is 36.7 Å². The number of rotatable bonds is 1. The van der Waals surface area contributed by atoms with Gasteiger partial charge in [-0.05, 0) is 45.2 Å². The van der Waals surface area contributed by atoms with E-state index in [9.17, 15) is 0 Å². The maximum absolute atomic E-state index is 6.10. The van der Waals surface area contributed by atoms with Crippen molar-refractivity contribution in [2.75, 3.05) is 0 Å². The van der Waals surface area contributed by atoms with Gasteiger partial charge in [-0.25, -0.2) is 4.99 Å². The van der Waals surface area contributed by atoms with Crippen molar-refractivity contribution >= 4 is 30.9 Å². The monoisotopic (exact) mass is 283 g/mol.